The van der Waals surface area contributed by atoms with Gasteiger partial charge < -0.3 is 10.1 Å². The van der Waals surface area contributed by atoms with Crippen LogP contribution in [0.25, 0.3) is 0 Å². The minimum atomic E-state index is 0.166. The molecule has 0 bridgehead atoms. The van der Waals surface area contributed by atoms with Gasteiger partial charge in [-0.1, -0.05) is 41.9 Å². The van der Waals surface area contributed by atoms with Crippen LogP contribution in [0.4, 0.5) is 0 Å². The van der Waals surface area contributed by atoms with Gasteiger partial charge in [-0.3, -0.25) is 0 Å². The Labute approximate surface area is 125 Å². The van der Waals surface area contributed by atoms with E-state index in [0.717, 1.165) is 22.8 Å². The summed E-state index contributed by atoms with van der Waals surface area (Å²) in [7, 11) is 3.66. The lowest BCUT2D eigenvalue weighted by Crippen LogP contribution is -2.19. The Kier molecular flexibility index (Phi) is 5.05. The molecule has 0 radical (unpaired) electrons. The highest BCUT2D eigenvalue weighted by Crippen LogP contribution is 2.29. The first-order chi connectivity index (χ1) is 9.65. The molecule has 1 N–H and O–H groups in total. The number of para-hydroxylation sites is 1. The van der Waals surface area contributed by atoms with Gasteiger partial charge in [-0.25, -0.2) is 0 Å². The molecular formula is C17H20ClNO. The third-order valence-electron chi connectivity index (χ3n) is 3.50. The second-order valence-electron chi connectivity index (χ2n) is 4.88. The van der Waals surface area contributed by atoms with Crippen LogP contribution in [0.5, 0.6) is 5.75 Å². The lowest BCUT2D eigenvalue weighted by atomic mass is 9.97. The molecule has 1 unspecified atom stereocenters. The monoisotopic (exact) mass is 289 g/mol. The molecule has 0 aliphatic carbocycles. The predicted octanol–water partition coefficient (Wildman–Crippen LogP) is 4.16. The molecule has 2 aromatic rings. The maximum absolute atomic E-state index is 6.37. The second-order valence-corrected chi connectivity index (χ2v) is 5.29. The fourth-order valence-electron chi connectivity index (χ4n) is 2.37. The highest BCUT2D eigenvalue weighted by atomic mass is 35.5. The number of aryl methyl sites for hydroxylation is 1. The quantitative estimate of drug-likeness (QED) is 0.892. The number of rotatable bonds is 5. The van der Waals surface area contributed by atoms with Crippen LogP contribution >= 0.6 is 11.6 Å². The number of hydrogen-bond acceptors (Lipinski definition) is 2. The summed E-state index contributed by atoms with van der Waals surface area (Å²) in [6.07, 6.45) is 0.837. The molecule has 0 saturated carbocycles. The summed E-state index contributed by atoms with van der Waals surface area (Å²) in [5, 5.41) is 4.14. The van der Waals surface area contributed by atoms with Crippen LogP contribution in [0.3, 0.4) is 0 Å². The van der Waals surface area contributed by atoms with Crippen molar-refractivity contribution in [3.05, 3.63) is 64.2 Å². The van der Waals surface area contributed by atoms with Gasteiger partial charge in [0.15, 0.2) is 0 Å². The van der Waals surface area contributed by atoms with E-state index in [-0.39, 0.29) is 6.04 Å². The van der Waals surface area contributed by atoms with Crippen LogP contribution in [0.1, 0.15) is 22.7 Å². The number of benzene rings is 2. The van der Waals surface area contributed by atoms with Crippen molar-refractivity contribution in [3.63, 3.8) is 0 Å². The summed E-state index contributed by atoms with van der Waals surface area (Å²) in [6.45, 7) is 2.05. The summed E-state index contributed by atoms with van der Waals surface area (Å²) in [6, 6.07) is 14.4. The zero-order chi connectivity index (χ0) is 14.5. The van der Waals surface area contributed by atoms with E-state index in [4.69, 9.17) is 16.3 Å². The lowest BCUT2D eigenvalue weighted by Gasteiger charge is -2.19. The smallest absolute Gasteiger partial charge is 0.122 e. The summed E-state index contributed by atoms with van der Waals surface area (Å²) in [5.74, 6) is 0.913. The highest BCUT2D eigenvalue weighted by Gasteiger charge is 2.15. The van der Waals surface area contributed by atoms with Crippen LogP contribution in [0.2, 0.25) is 5.02 Å². The van der Waals surface area contributed by atoms with Crippen molar-refractivity contribution in [2.24, 2.45) is 0 Å². The zero-order valence-corrected chi connectivity index (χ0v) is 12.9. The lowest BCUT2D eigenvalue weighted by molar-refractivity contribution is 0.406. The van der Waals surface area contributed by atoms with Gasteiger partial charge in [0.05, 0.1) is 7.11 Å². The second kappa shape index (κ2) is 6.78. The Hall–Kier alpha value is -1.51. The molecule has 2 aromatic carbocycles. The molecule has 0 amide bonds. The fraction of sp³-hybridized carbons (Fsp3) is 0.294. The summed E-state index contributed by atoms with van der Waals surface area (Å²) in [4.78, 5) is 0. The largest absolute Gasteiger partial charge is 0.496 e. The van der Waals surface area contributed by atoms with Crippen LogP contribution in [-0.4, -0.2) is 14.2 Å². The molecular weight excluding hydrogens is 270 g/mol. The van der Waals surface area contributed by atoms with Gasteiger partial charge in [-0.15, -0.1) is 0 Å². The van der Waals surface area contributed by atoms with Gasteiger partial charge in [0, 0.05) is 11.1 Å². The third-order valence-corrected chi connectivity index (χ3v) is 3.82. The number of ether oxygens (including phenoxy) is 1. The Morgan fingerprint density at radius 2 is 1.95 bits per heavy atom. The number of hydrogen-bond donors (Lipinski definition) is 1. The molecule has 0 aromatic heterocycles. The highest BCUT2D eigenvalue weighted by molar-refractivity contribution is 6.31. The Bertz CT molecular complexity index is 583. The number of methoxy groups -OCH3 is 1. The molecule has 0 fully saturated rings. The first-order valence-corrected chi connectivity index (χ1v) is 7.08. The minimum absolute atomic E-state index is 0.166. The first kappa shape index (κ1) is 14.9. The third kappa shape index (κ3) is 3.33. The van der Waals surface area contributed by atoms with Crippen molar-refractivity contribution in [2.75, 3.05) is 14.2 Å². The van der Waals surface area contributed by atoms with E-state index in [1.54, 1.807) is 7.11 Å². The molecule has 0 aliphatic heterocycles. The summed E-state index contributed by atoms with van der Waals surface area (Å²) < 4.78 is 5.42. The molecule has 0 saturated heterocycles. The molecule has 106 valence electrons. The Balaban J connectivity index is 2.29. The van der Waals surface area contributed by atoms with Crippen LogP contribution in [-0.2, 0) is 6.42 Å². The van der Waals surface area contributed by atoms with Gasteiger partial charge in [-0.05, 0) is 49.2 Å². The van der Waals surface area contributed by atoms with Gasteiger partial charge in [0.2, 0.25) is 0 Å². The van der Waals surface area contributed by atoms with Gasteiger partial charge in [-0.2, -0.15) is 0 Å². The van der Waals surface area contributed by atoms with E-state index in [2.05, 4.69) is 23.5 Å². The van der Waals surface area contributed by atoms with Gasteiger partial charge >= 0.3 is 0 Å². The molecule has 20 heavy (non-hydrogen) atoms. The van der Waals surface area contributed by atoms with Crippen molar-refractivity contribution in [2.45, 2.75) is 19.4 Å². The van der Waals surface area contributed by atoms with E-state index in [9.17, 15) is 0 Å². The minimum Gasteiger partial charge on any atom is -0.496 e. The maximum Gasteiger partial charge on any atom is 0.122 e. The van der Waals surface area contributed by atoms with Gasteiger partial charge in [0.25, 0.3) is 0 Å². The van der Waals surface area contributed by atoms with E-state index in [0.29, 0.717) is 0 Å². The Morgan fingerprint density at radius 3 is 2.60 bits per heavy atom. The molecule has 2 rings (SSSR count). The molecule has 3 heteroatoms. The molecule has 0 heterocycles. The summed E-state index contributed by atoms with van der Waals surface area (Å²) >= 11 is 6.37. The number of nitrogens with one attached hydrogen (secondary N) is 1. The molecule has 1 atom stereocenters. The SMILES string of the molecule is CNC(Cc1ccccc1OC)c1ccc(C)cc1Cl. The van der Waals surface area contributed by atoms with Crippen LogP contribution < -0.4 is 10.1 Å². The molecule has 2 nitrogen and oxygen atoms in total. The van der Waals surface area contributed by atoms with Crippen molar-refractivity contribution >= 4 is 11.6 Å². The topological polar surface area (TPSA) is 21.3 Å². The number of likely N-dealkylation sites (N-methyl/N-ethyl adjacent to an activating group) is 1. The Morgan fingerprint density at radius 1 is 1.20 bits per heavy atom. The molecule has 0 aliphatic rings. The standard InChI is InChI=1S/C17H20ClNO/c1-12-8-9-14(15(18)10-12)16(19-2)11-13-6-4-5-7-17(13)20-3/h4-10,16,19H,11H2,1-3H3. The zero-order valence-electron chi connectivity index (χ0n) is 12.1. The average Bonchev–Trinajstić information content (AvgIpc) is 2.46. The van der Waals surface area contributed by atoms with Gasteiger partial charge in [0.1, 0.15) is 5.75 Å². The van der Waals surface area contributed by atoms with Crippen LogP contribution in [0, 0.1) is 6.92 Å². The normalized spacial score (nSPS) is 12.2. The van der Waals surface area contributed by atoms with E-state index >= 15 is 0 Å². The van der Waals surface area contributed by atoms with Crippen molar-refractivity contribution in [1.82, 2.24) is 5.32 Å². The van der Waals surface area contributed by atoms with Crippen molar-refractivity contribution < 1.29 is 4.74 Å². The van der Waals surface area contributed by atoms with Crippen molar-refractivity contribution in [3.8, 4) is 5.75 Å². The number of halogens is 1. The molecule has 0 spiro atoms. The fourth-order valence-corrected chi connectivity index (χ4v) is 2.74. The first-order valence-electron chi connectivity index (χ1n) is 6.71. The van der Waals surface area contributed by atoms with E-state index in [1.165, 1.54) is 11.1 Å². The van der Waals surface area contributed by atoms with Crippen molar-refractivity contribution in [1.29, 1.82) is 0 Å². The predicted molar refractivity (Wildman–Crippen MR) is 84.7 cm³/mol. The van der Waals surface area contributed by atoms with Crippen LogP contribution in [0.15, 0.2) is 42.5 Å². The average molecular weight is 290 g/mol. The summed E-state index contributed by atoms with van der Waals surface area (Å²) in [5.41, 5.74) is 3.46. The van der Waals surface area contributed by atoms with E-state index in [1.807, 2.05) is 38.2 Å². The maximum atomic E-state index is 6.37. The van der Waals surface area contributed by atoms with E-state index < -0.39 is 0 Å².